The lowest BCUT2D eigenvalue weighted by molar-refractivity contribution is -0.133. The third-order valence-corrected chi connectivity index (χ3v) is 5.06. The first-order chi connectivity index (χ1) is 13.0. The standard InChI is InChI=1S/C21H24ClN3O2/c1-15(26)23-13-21(27)25-11-3-4-17(14-25)20-6-2-5-19(24-20)12-16-7-9-18(22)10-8-16/h2,5-10,17H,3-4,11-14H2,1H3,(H,23,26). The molecule has 1 unspecified atom stereocenters. The second kappa shape index (κ2) is 9.00. The Bertz CT molecular complexity index is 807. The van der Waals surface area contributed by atoms with Crippen LogP contribution in [0.3, 0.4) is 0 Å². The van der Waals surface area contributed by atoms with Gasteiger partial charge >= 0.3 is 0 Å². The maximum Gasteiger partial charge on any atom is 0.241 e. The van der Waals surface area contributed by atoms with Gasteiger partial charge < -0.3 is 10.2 Å². The molecule has 1 aliphatic rings. The van der Waals surface area contributed by atoms with Gasteiger partial charge in [0.2, 0.25) is 11.8 Å². The molecule has 6 heteroatoms. The number of nitrogens with one attached hydrogen (secondary N) is 1. The van der Waals surface area contributed by atoms with Gasteiger partial charge in [-0.05, 0) is 42.7 Å². The van der Waals surface area contributed by atoms with Crippen LogP contribution in [0.4, 0.5) is 0 Å². The molecule has 2 aromatic rings. The lowest BCUT2D eigenvalue weighted by Gasteiger charge is -2.32. The quantitative estimate of drug-likeness (QED) is 0.859. The predicted octanol–water partition coefficient (Wildman–Crippen LogP) is 3.17. The van der Waals surface area contributed by atoms with Gasteiger partial charge in [-0.2, -0.15) is 0 Å². The third-order valence-electron chi connectivity index (χ3n) is 4.81. The van der Waals surface area contributed by atoms with Crippen LogP contribution >= 0.6 is 11.6 Å². The molecular weight excluding hydrogens is 362 g/mol. The molecule has 1 atom stereocenters. The molecule has 27 heavy (non-hydrogen) atoms. The minimum absolute atomic E-state index is 0.0350. The summed E-state index contributed by atoms with van der Waals surface area (Å²) in [4.78, 5) is 30.0. The van der Waals surface area contributed by atoms with Gasteiger partial charge in [0, 0.05) is 48.8 Å². The molecule has 142 valence electrons. The highest BCUT2D eigenvalue weighted by atomic mass is 35.5. The summed E-state index contributed by atoms with van der Waals surface area (Å²) in [6, 6.07) is 13.9. The van der Waals surface area contributed by atoms with Gasteiger partial charge in [0.1, 0.15) is 0 Å². The minimum atomic E-state index is -0.187. The largest absolute Gasteiger partial charge is 0.347 e. The Morgan fingerprint density at radius 2 is 2.00 bits per heavy atom. The summed E-state index contributed by atoms with van der Waals surface area (Å²) < 4.78 is 0. The number of hydrogen-bond acceptors (Lipinski definition) is 3. The highest BCUT2D eigenvalue weighted by molar-refractivity contribution is 6.30. The van der Waals surface area contributed by atoms with Crippen LogP contribution in [0, 0.1) is 0 Å². The zero-order valence-corrected chi connectivity index (χ0v) is 16.2. The van der Waals surface area contributed by atoms with Crippen molar-refractivity contribution in [2.45, 2.75) is 32.1 Å². The SMILES string of the molecule is CC(=O)NCC(=O)N1CCCC(c2cccc(Cc3ccc(Cl)cc3)n2)C1. The first-order valence-electron chi connectivity index (χ1n) is 9.24. The number of hydrogen-bond donors (Lipinski definition) is 1. The molecule has 0 radical (unpaired) electrons. The molecule has 2 heterocycles. The monoisotopic (exact) mass is 385 g/mol. The lowest BCUT2D eigenvalue weighted by Crippen LogP contribution is -2.44. The summed E-state index contributed by atoms with van der Waals surface area (Å²) in [7, 11) is 0. The fourth-order valence-corrected chi connectivity index (χ4v) is 3.52. The second-order valence-electron chi connectivity index (χ2n) is 6.95. The van der Waals surface area contributed by atoms with Crippen molar-refractivity contribution in [3.05, 3.63) is 64.4 Å². The highest BCUT2D eigenvalue weighted by Gasteiger charge is 2.25. The number of benzene rings is 1. The maximum atomic E-state index is 12.3. The molecule has 1 fully saturated rings. The van der Waals surface area contributed by atoms with Gasteiger partial charge in [-0.15, -0.1) is 0 Å². The number of piperidine rings is 1. The average molecular weight is 386 g/mol. The van der Waals surface area contributed by atoms with Crippen molar-refractivity contribution in [2.75, 3.05) is 19.6 Å². The third kappa shape index (κ3) is 5.54. The molecule has 1 saturated heterocycles. The van der Waals surface area contributed by atoms with Gasteiger partial charge in [-0.1, -0.05) is 29.8 Å². The van der Waals surface area contributed by atoms with E-state index in [1.807, 2.05) is 47.4 Å². The van der Waals surface area contributed by atoms with E-state index in [9.17, 15) is 9.59 Å². The van der Waals surface area contributed by atoms with Crippen LogP contribution in [-0.4, -0.2) is 41.3 Å². The van der Waals surface area contributed by atoms with E-state index in [0.29, 0.717) is 6.54 Å². The molecule has 1 aromatic carbocycles. The van der Waals surface area contributed by atoms with Crippen molar-refractivity contribution >= 4 is 23.4 Å². The molecule has 0 bridgehead atoms. The van der Waals surface area contributed by atoms with E-state index >= 15 is 0 Å². The highest BCUT2D eigenvalue weighted by Crippen LogP contribution is 2.26. The zero-order chi connectivity index (χ0) is 19.2. The van der Waals surface area contributed by atoms with Crippen molar-refractivity contribution in [3.8, 4) is 0 Å². The zero-order valence-electron chi connectivity index (χ0n) is 15.5. The summed E-state index contributed by atoms with van der Waals surface area (Å²) in [6.45, 7) is 2.86. The molecule has 0 spiro atoms. The number of aromatic nitrogens is 1. The van der Waals surface area contributed by atoms with E-state index in [0.717, 1.165) is 42.2 Å². The Balaban J connectivity index is 1.66. The molecule has 0 saturated carbocycles. The summed E-state index contributed by atoms with van der Waals surface area (Å²) in [5.74, 6) is 0.00546. The molecular formula is C21H24ClN3O2. The topological polar surface area (TPSA) is 62.3 Å². The van der Waals surface area contributed by atoms with Gasteiger partial charge in [0.15, 0.2) is 0 Å². The van der Waals surface area contributed by atoms with Crippen molar-refractivity contribution in [2.24, 2.45) is 0 Å². The Labute approximate surface area is 164 Å². The molecule has 2 amide bonds. The molecule has 3 rings (SSSR count). The smallest absolute Gasteiger partial charge is 0.241 e. The van der Waals surface area contributed by atoms with E-state index in [1.54, 1.807) is 0 Å². The van der Waals surface area contributed by atoms with Crippen LogP contribution in [0.25, 0.3) is 0 Å². The van der Waals surface area contributed by atoms with E-state index in [1.165, 1.54) is 12.5 Å². The molecule has 1 aromatic heterocycles. The lowest BCUT2D eigenvalue weighted by atomic mass is 9.93. The first-order valence-corrected chi connectivity index (χ1v) is 9.61. The molecule has 0 aliphatic carbocycles. The van der Waals surface area contributed by atoms with Crippen LogP contribution in [0.1, 0.15) is 42.6 Å². The number of carbonyl (C=O) groups is 2. The average Bonchev–Trinajstić information content (AvgIpc) is 2.68. The number of likely N-dealkylation sites (tertiary alicyclic amines) is 1. The maximum absolute atomic E-state index is 12.3. The van der Waals surface area contributed by atoms with Crippen LogP contribution in [0.15, 0.2) is 42.5 Å². The van der Waals surface area contributed by atoms with Gasteiger partial charge in [0.05, 0.1) is 6.54 Å². The Hall–Kier alpha value is -2.40. The van der Waals surface area contributed by atoms with Crippen molar-refractivity contribution in [3.63, 3.8) is 0 Å². The van der Waals surface area contributed by atoms with E-state index < -0.39 is 0 Å². The summed E-state index contributed by atoms with van der Waals surface area (Å²) in [5, 5.41) is 3.31. The number of halogens is 1. The first kappa shape index (κ1) is 19.4. The number of rotatable bonds is 5. The van der Waals surface area contributed by atoms with Gasteiger partial charge in [0.25, 0.3) is 0 Å². The van der Waals surface area contributed by atoms with Crippen molar-refractivity contribution in [1.29, 1.82) is 0 Å². The molecule has 1 N–H and O–H groups in total. The number of amides is 2. The summed E-state index contributed by atoms with van der Waals surface area (Å²) in [5.41, 5.74) is 3.20. The fourth-order valence-electron chi connectivity index (χ4n) is 3.39. The Morgan fingerprint density at radius 3 is 2.74 bits per heavy atom. The van der Waals surface area contributed by atoms with Gasteiger partial charge in [-0.3, -0.25) is 14.6 Å². The number of carbonyl (C=O) groups excluding carboxylic acids is 2. The Morgan fingerprint density at radius 1 is 1.22 bits per heavy atom. The normalized spacial score (nSPS) is 16.8. The van der Waals surface area contributed by atoms with Crippen LogP contribution < -0.4 is 5.32 Å². The van der Waals surface area contributed by atoms with E-state index in [4.69, 9.17) is 16.6 Å². The molecule has 1 aliphatic heterocycles. The van der Waals surface area contributed by atoms with Gasteiger partial charge in [-0.25, -0.2) is 0 Å². The second-order valence-corrected chi connectivity index (χ2v) is 7.38. The molecule has 5 nitrogen and oxygen atoms in total. The Kier molecular flexibility index (Phi) is 6.45. The van der Waals surface area contributed by atoms with Crippen LogP contribution in [-0.2, 0) is 16.0 Å². The fraction of sp³-hybridized carbons (Fsp3) is 0.381. The number of pyridine rings is 1. The summed E-state index contributed by atoms with van der Waals surface area (Å²) in [6.07, 6.45) is 2.71. The van der Waals surface area contributed by atoms with Crippen molar-refractivity contribution in [1.82, 2.24) is 15.2 Å². The van der Waals surface area contributed by atoms with E-state index in [-0.39, 0.29) is 24.3 Å². The summed E-state index contributed by atoms with van der Waals surface area (Å²) >= 11 is 5.95. The van der Waals surface area contributed by atoms with Crippen molar-refractivity contribution < 1.29 is 9.59 Å². The van der Waals surface area contributed by atoms with Crippen LogP contribution in [0.2, 0.25) is 5.02 Å². The van der Waals surface area contributed by atoms with Crippen LogP contribution in [0.5, 0.6) is 0 Å². The minimum Gasteiger partial charge on any atom is -0.347 e. The number of nitrogens with zero attached hydrogens (tertiary/aromatic N) is 2. The van der Waals surface area contributed by atoms with E-state index in [2.05, 4.69) is 5.32 Å². The predicted molar refractivity (Wildman–Crippen MR) is 106 cm³/mol.